The number of nitrogens with zero attached hydrogens (tertiary/aromatic N) is 1. The molecular formula is C12H18N2O2. The lowest BCUT2D eigenvalue weighted by atomic mass is 10.1. The average molecular weight is 222 g/mol. The Kier molecular flexibility index (Phi) is 4.28. The van der Waals surface area contributed by atoms with Gasteiger partial charge in [0.25, 0.3) is 5.91 Å². The summed E-state index contributed by atoms with van der Waals surface area (Å²) in [6.07, 6.45) is 3.67. The van der Waals surface area contributed by atoms with Gasteiger partial charge in [0.1, 0.15) is 5.75 Å². The molecule has 88 valence electrons. The van der Waals surface area contributed by atoms with E-state index >= 15 is 0 Å². The molecule has 4 heteroatoms. The van der Waals surface area contributed by atoms with Crippen molar-refractivity contribution in [2.75, 3.05) is 0 Å². The first-order valence-electron chi connectivity index (χ1n) is 5.44. The summed E-state index contributed by atoms with van der Waals surface area (Å²) in [5.41, 5.74) is 0.385. The Morgan fingerprint density at radius 2 is 2.12 bits per heavy atom. The highest BCUT2D eigenvalue weighted by Gasteiger charge is 2.11. The highest BCUT2D eigenvalue weighted by Crippen LogP contribution is 2.09. The molecular weight excluding hydrogens is 204 g/mol. The number of nitrogens with one attached hydrogen (secondary N) is 1. The minimum atomic E-state index is -0.198. The standard InChI is InChI=1S/C12H18N2O2/c1-8(2)4-9(3)14-12(16)10-5-11(15)7-13-6-10/h5-9,15H,4H2,1-3H3,(H,14,16). The van der Waals surface area contributed by atoms with Gasteiger partial charge in [-0.1, -0.05) is 13.8 Å². The van der Waals surface area contributed by atoms with Crippen LogP contribution in [-0.2, 0) is 0 Å². The topological polar surface area (TPSA) is 62.2 Å². The lowest BCUT2D eigenvalue weighted by molar-refractivity contribution is 0.0935. The highest BCUT2D eigenvalue weighted by molar-refractivity contribution is 5.94. The van der Waals surface area contributed by atoms with Crippen molar-refractivity contribution in [3.05, 3.63) is 24.0 Å². The molecule has 1 rings (SSSR count). The lowest BCUT2D eigenvalue weighted by Gasteiger charge is -2.15. The lowest BCUT2D eigenvalue weighted by Crippen LogP contribution is -2.33. The molecule has 1 aromatic rings. The number of hydrogen-bond acceptors (Lipinski definition) is 3. The summed E-state index contributed by atoms with van der Waals surface area (Å²) < 4.78 is 0. The number of carbonyl (C=O) groups is 1. The zero-order valence-corrected chi connectivity index (χ0v) is 9.90. The maximum atomic E-state index is 11.7. The number of aromatic nitrogens is 1. The number of pyridine rings is 1. The van der Waals surface area contributed by atoms with E-state index in [9.17, 15) is 9.90 Å². The number of rotatable bonds is 4. The van der Waals surface area contributed by atoms with Gasteiger partial charge in [0.2, 0.25) is 0 Å². The van der Waals surface area contributed by atoms with E-state index in [1.807, 2.05) is 6.92 Å². The molecule has 0 aliphatic heterocycles. The molecule has 1 atom stereocenters. The zero-order chi connectivity index (χ0) is 12.1. The van der Waals surface area contributed by atoms with Gasteiger partial charge in [-0.25, -0.2) is 0 Å². The third-order valence-corrected chi connectivity index (χ3v) is 2.19. The van der Waals surface area contributed by atoms with Crippen molar-refractivity contribution >= 4 is 5.91 Å². The van der Waals surface area contributed by atoms with Crippen molar-refractivity contribution in [3.63, 3.8) is 0 Å². The predicted octanol–water partition coefficient (Wildman–Crippen LogP) is 1.95. The van der Waals surface area contributed by atoms with Gasteiger partial charge in [0.15, 0.2) is 0 Å². The zero-order valence-electron chi connectivity index (χ0n) is 9.90. The molecule has 4 nitrogen and oxygen atoms in total. The summed E-state index contributed by atoms with van der Waals surface area (Å²) >= 11 is 0. The van der Waals surface area contributed by atoms with Crippen LogP contribution in [0.2, 0.25) is 0 Å². The van der Waals surface area contributed by atoms with Crippen LogP contribution in [-0.4, -0.2) is 22.0 Å². The van der Waals surface area contributed by atoms with Gasteiger partial charge in [-0.15, -0.1) is 0 Å². The molecule has 0 aliphatic rings. The van der Waals surface area contributed by atoms with Gasteiger partial charge in [-0.2, -0.15) is 0 Å². The smallest absolute Gasteiger partial charge is 0.253 e. The quantitative estimate of drug-likeness (QED) is 0.818. The van der Waals surface area contributed by atoms with Gasteiger partial charge in [-0.3, -0.25) is 9.78 Å². The number of aromatic hydroxyl groups is 1. The molecule has 1 aromatic heterocycles. The van der Waals surface area contributed by atoms with E-state index in [4.69, 9.17) is 0 Å². The molecule has 1 unspecified atom stereocenters. The summed E-state index contributed by atoms with van der Waals surface area (Å²) in [7, 11) is 0. The van der Waals surface area contributed by atoms with Crippen molar-refractivity contribution in [3.8, 4) is 5.75 Å². The predicted molar refractivity (Wildman–Crippen MR) is 62.3 cm³/mol. The van der Waals surface area contributed by atoms with Crippen molar-refractivity contribution in [1.82, 2.24) is 10.3 Å². The van der Waals surface area contributed by atoms with E-state index < -0.39 is 0 Å². The van der Waals surface area contributed by atoms with E-state index in [0.717, 1.165) is 6.42 Å². The summed E-state index contributed by atoms with van der Waals surface area (Å²) in [6, 6.07) is 1.53. The first-order valence-corrected chi connectivity index (χ1v) is 5.44. The molecule has 16 heavy (non-hydrogen) atoms. The van der Waals surface area contributed by atoms with Gasteiger partial charge in [0, 0.05) is 12.2 Å². The third kappa shape index (κ3) is 3.88. The van der Waals surface area contributed by atoms with E-state index in [1.54, 1.807) is 0 Å². The van der Waals surface area contributed by atoms with Crippen molar-refractivity contribution in [2.45, 2.75) is 33.2 Å². The normalized spacial score (nSPS) is 12.5. The summed E-state index contributed by atoms with van der Waals surface area (Å²) in [5.74, 6) is 0.346. The fourth-order valence-electron chi connectivity index (χ4n) is 1.63. The second-order valence-corrected chi connectivity index (χ2v) is 4.44. The van der Waals surface area contributed by atoms with Crippen LogP contribution in [0.15, 0.2) is 18.5 Å². The molecule has 2 N–H and O–H groups in total. The summed E-state index contributed by atoms with van der Waals surface area (Å²) in [6.45, 7) is 6.19. The summed E-state index contributed by atoms with van der Waals surface area (Å²) in [5, 5.41) is 12.1. The molecule has 0 fully saturated rings. The minimum Gasteiger partial charge on any atom is -0.506 e. The Hall–Kier alpha value is -1.58. The SMILES string of the molecule is CC(C)CC(C)NC(=O)c1cncc(O)c1. The molecule has 1 amide bonds. The van der Waals surface area contributed by atoms with Crippen LogP contribution in [0, 0.1) is 5.92 Å². The molecule has 0 spiro atoms. The van der Waals surface area contributed by atoms with E-state index in [1.165, 1.54) is 18.5 Å². The van der Waals surface area contributed by atoms with Crippen LogP contribution in [0.1, 0.15) is 37.6 Å². The van der Waals surface area contributed by atoms with Crippen LogP contribution in [0.3, 0.4) is 0 Å². The highest BCUT2D eigenvalue weighted by atomic mass is 16.3. The number of carbonyl (C=O) groups excluding carboxylic acids is 1. The fourth-order valence-corrected chi connectivity index (χ4v) is 1.63. The van der Waals surface area contributed by atoms with Crippen LogP contribution in [0.5, 0.6) is 5.75 Å². The van der Waals surface area contributed by atoms with Crippen LogP contribution >= 0.6 is 0 Å². The largest absolute Gasteiger partial charge is 0.506 e. The Morgan fingerprint density at radius 1 is 1.44 bits per heavy atom. The Bertz CT molecular complexity index is 364. The van der Waals surface area contributed by atoms with Gasteiger partial charge in [-0.05, 0) is 25.3 Å². The van der Waals surface area contributed by atoms with E-state index in [-0.39, 0.29) is 17.7 Å². The minimum absolute atomic E-state index is 0.00385. The Labute approximate surface area is 95.7 Å². The van der Waals surface area contributed by atoms with Crippen LogP contribution in [0.25, 0.3) is 0 Å². The van der Waals surface area contributed by atoms with E-state index in [0.29, 0.717) is 11.5 Å². The maximum Gasteiger partial charge on any atom is 0.253 e. The number of hydrogen-bond donors (Lipinski definition) is 2. The maximum absolute atomic E-state index is 11.7. The molecule has 0 saturated carbocycles. The van der Waals surface area contributed by atoms with Crippen molar-refractivity contribution in [2.24, 2.45) is 5.92 Å². The Balaban J connectivity index is 2.59. The van der Waals surface area contributed by atoms with Gasteiger partial charge < -0.3 is 10.4 Å². The van der Waals surface area contributed by atoms with Crippen LogP contribution in [0.4, 0.5) is 0 Å². The monoisotopic (exact) mass is 222 g/mol. The van der Waals surface area contributed by atoms with E-state index in [2.05, 4.69) is 24.1 Å². The second kappa shape index (κ2) is 5.49. The number of amides is 1. The van der Waals surface area contributed by atoms with Crippen LogP contribution < -0.4 is 5.32 Å². The van der Waals surface area contributed by atoms with Crippen molar-refractivity contribution < 1.29 is 9.90 Å². The average Bonchev–Trinajstić information content (AvgIpc) is 2.16. The third-order valence-electron chi connectivity index (χ3n) is 2.19. The molecule has 0 aliphatic carbocycles. The van der Waals surface area contributed by atoms with Crippen molar-refractivity contribution in [1.29, 1.82) is 0 Å². The first kappa shape index (κ1) is 12.5. The molecule has 1 heterocycles. The molecule has 0 saturated heterocycles. The Morgan fingerprint density at radius 3 is 2.69 bits per heavy atom. The molecule has 0 bridgehead atoms. The first-order chi connectivity index (χ1) is 7.49. The fraction of sp³-hybridized carbons (Fsp3) is 0.500. The summed E-state index contributed by atoms with van der Waals surface area (Å²) in [4.78, 5) is 15.5. The van der Waals surface area contributed by atoms with Gasteiger partial charge >= 0.3 is 0 Å². The van der Waals surface area contributed by atoms with Gasteiger partial charge in [0.05, 0.1) is 11.8 Å². The molecule has 0 radical (unpaired) electrons. The second-order valence-electron chi connectivity index (χ2n) is 4.44. The molecule has 0 aromatic carbocycles.